The number of likely N-dealkylation sites (N-methyl/N-ethyl adjacent to an activating group) is 1. The number of pyridine rings is 1. The van der Waals surface area contributed by atoms with Crippen molar-refractivity contribution in [3.63, 3.8) is 0 Å². The molecule has 1 saturated heterocycles. The Morgan fingerprint density at radius 1 is 0.652 bits per heavy atom. The number of primary amides is 1. The molecule has 2 aliphatic heterocycles. The summed E-state index contributed by atoms with van der Waals surface area (Å²) in [5.41, 5.74) is 10.4. The summed E-state index contributed by atoms with van der Waals surface area (Å²) in [6.45, 7) is 10.9. The first-order valence-corrected chi connectivity index (χ1v) is 40.9. The van der Waals surface area contributed by atoms with Crippen molar-refractivity contribution in [1.29, 1.82) is 0 Å². The highest BCUT2D eigenvalue weighted by Gasteiger charge is 2.40. The molecule has 11 atom stereocenters. The fourth-order valence-electron chi connectivity index (χ4n) is 13.8. The summed E-state index contributed by atoms with van der Waals surface area (Å²) in [7, 11) is 1.65. The predicted molar refractivity (Wildman–Crippen MR) is 425 cm³/mol. The van der Waals surface area contributed by atoms with Gasteiger partial charge in [0, 0.05) is 66.1 Å². The maximum absolute atomic E-state index is 14.9. The van der Waals surface area contributed by atoms with E-state index in [9.17, 15) is 72.5 Å². The Morgan fingerprint density at radius 3 is 1.88 bits per heavy atom. The van der Waals surface area contributed by atoms with Gasteiger partial charge in [-0.05, 0) is 134 Å². The van der Waals surface area contributed by atoms with Crippen LogP contribution in [0.4, 0.5) is 0 Å². The van der Waals surface area contributed by atoms with Crippen molar-refractivity contribution in [1.82, 2.24) is 73.4 Å². The van der Waals surface area contributed by atoms with Gasteiger partial charge in [-0.15, -0.1) is 0 Å². The minimum atomic E-state index is -1.42. The number of rotatable bonds is 34. The van der Waals surface area contributed by atoms with E-state index < -0.39 is 143 Å². The van der Waals surface area contributed by atoms with Crippen LogP contribution in [0.2, 0.25) is 0 Å². The molecule has 3 aromatic carbocycles. The van der Waals surface area contributed by atoms with Crippen molar-refractivity contribution >= 4 is 112 Å². The molecule has 5 aromatic rings. The van der Waals surface area contributed by atoms with Gasteiger partial charge in [0.05, 0.1) is 25.0 Å². The van der Waals surface area contributed by atoms with Gasteiger partial charge in [0.15, 0.2) is 0 Å². The van der Waals surface area contributed by atoms with Crippen LogP contribution >= 0.6 is 23.5 Å². The Balaban J connectivity index is 0.871. The molecule has 3 aliphatic rings. The van der Waals surface area contributed by atoms with Crippen molar-refractivity contribution in [2.24, 2.45) is 17.1 Å². The summed E-state index contributed by atoms with van der Waals surface area (Å²) in [4.78, 5) is 186. The number of benzene rings is 3. The van der Waals surface area contributed by atoms with Crippen molar-refractivity contribution in [2.75, 3.05) is 25.1 Å². The molecule has 112 heavy (non-hydrogen) atoms. The molecule has 606 valence electrons. The molecule has 1 saturated carbocycles. The van der Waals surface area contributed by atoms with Crippen LogP contribution in [0.1, 0.15) is 159 Å². The molecule has 0 bridgehead atoms. The van der Waals surface area contributed by atoms with Gasteiger partial charge < -0.3 is 89.1 Å². The van der Waals surface area contributed by atoms with Crippen LogP contribution in [0.25, 0.3) is 11.0 Å². The zero-order valence-electron chi connectivity index (χ0n) is 64.7. The van der Waals surface area contributed by atoms with Crippen LogP contribution in [0.5, 0.6) is 11.5 Å². The van der Waals surface area contributed by atoms with Crippen LogP contribution in [0.15, 0.2) is 91.1 Å². The van der Waals surface area contributed by atoms with E-state index in [2.05, 4.69) is 68.8 Å². The number of nitrogens with zero attached hydrogens (tertiary/aromatic N) is 2. The minimum Gasteiger partial charge on any atom is -0.508 e. The average Bonchev–Trinajstić information content (AvgIpc) is 1.57. The summed E-state index contributed by atoms with van der Waals surface area (Å²) in [6, 6.07) is 11.0. The second kappa shape index (κ2) is 42.5. The van der Waals surface area contributed by atoms with Crippen molar-refractivity contribution in [3.8, 4) is 11.5 Å². The number of carbonyl (C=O) groups is 13. The first-order valence-electron chi connectivity index (χ1n) is 38.6. The van der Waals surface area contributed by atoms with Crippen LogP contribution in [-0.2, 0) is 99.6 Å². The number of aromatic nitrogens is 2. The number of amides is 12. The normalized spacial score (nSPS) is 19.7. The van der Waals surface area contributed by atoms with Gasteiger partial charge in [0.1, 0.15) is 77.8 Å². The van der Waals surface area contributed by atoms with Crippen LogP contribution < -0.4 is 69.5 Å². The van der Waals surface area contributed by atoms with Gasteiger partial charge in [-0.25, -0.2) is 4.98 Å². The quantitative estimate of drug-likeness (QED) is 0.0204. The maximum Gasteiger partial charge on any atom is 0.243 e. The van der Waals surface area contributed by atoms with E-state index in [-0.39, 0.29) is 87.0 Å². The van der Waals surface area contributed by atoms with E-state index in [1.165, 1.54) is 35.7 Å². The molecule has 2 aromatic heterocycles. The molecular formula is C80H109N15O15S2. The summed E-state index contributed by atoms with van der Waals surface area (Å²) >= 11 is 2.85. The van der Waals surface area contributed by atoms with E-state index in [4.69, 9.17) is 5.73 Å². The highest BCUT2D eigenvalue weighted by molar-refractivity contribution is 7.98. The number of phenols is 2. The van der Waals surface area contributed by atoms with E-state index in [0.29, 0.717) is 67.0 Å². The molecule has 12 amide bonds. The molecule has 16 N–H and O–H groups in total. The van der Waals surface area contributed by atoms with E-state index in [1.807, 2.05) is 34.9 Å². The molecule has 4 heterocycles. The second-order valence-electron chi connectivity index (χ2n) is 29.9. The van der Waals surface area contributed by atoms with Gasteiger partial charge in [-0.3, -0.25) is 57.5 Å². The first-order chi connectivity index (χ1) is 53.6. The SMILES string of the molecule is CCC[C@@H]1NC(=O)[C@H](Cc2c3n(c4ncccc24)C3)NC(=O)[C@H](CC)NC(=O)[C@@H](NC(=O)[C@H](Cc2ccc(O)cc2)NC(=O)C(NC(=O)CCSCc2cccc(CSC[C@H](NC(=O)[C@H](CC)NC(=O)C(NC(=O)[C@H](Cc3ccc(O)cc3)NC)C3CCCCC3)C(N)=O)c2)C(C)(C)C)CCCNC(=O)C[C@H](C=O)NC1=O. The molecular weight excluding hydrogens is 1480 g/mol. The van der Waals surface area contributed by atoms with Crippen LogP contribution in [0, 0.1) is 11.3 Å². The number of hydrogen-bond acceptors (Lipinski definition) is 19. The first kappa shape index (κ1) is 87.5. The Morgan fingerprint density at radius 2 is 1.26 bits per heavy atom. The van der Waals surface area contributed by atoms with Crippen LogP contribution in [0.3, 0.4) is 0 Å². The molecule has 1 aliphatic carbocycles. The van der Waals surface area contributed by atoms with Crippen molar-refractivity contribution in [2.45, 2.75) is 229 Å². The summed E-state index contributed by atoms with van der Waals surface area (Å²) in [5, 5.41) is 54.4. The largest absolute Gasteiger partial charge is 0.508 e. The van der Waals surface area contributed by atoms with E-state index >= 15 is 0 Å². The smallest absolute Gasteiger partial charge is 0.243 e. The minimum absolute atomic E-state index is 0.00239. The van der Waals surface area contributed by atoms with E-state index in [0.717, 1.165) is 52.6 Å². The molecule has 0 radical (unpaired) electrons. The lowest BCUT2D eigenvalue weighted by atomic mass is 9.83. The molecule has 32 heteroatoms. The highest BCUT2D eigenvalue weighted by atomic mass is 32.2. The maximum atomic E-state index is 14.9. The molecule has 8 rings (SSSR count). The number of aldehydes is 1. The summed E-state index contributed by atoms with van der Waals surface area (Å²) in [6.07, 6.45) is 6.61. The van der Waals surface area contributed by atoms with Crippen molar-refractivity contribution in [3.05, 3.63) is 125 Å². The third kappa shape index (κ3) is 26.0. The lowest BCUT2D eigenvalue weighted by Gasteiger charge is -2.32. The number of fused-ring (bicyclic) bond motifs is 3. The number of nitrogens with one attached hydrogen (secondary N) is 12. The van der Waals surface area contributed by atoms with Gasteiger partial charge in [-0.1, -0.05) is 116 Å². The second-order valence-corrected chi connectivity index (χ2v) is 32.1. The van der Waals surface area contributed by atoms with Gasteiger partial charge in [-0.2, -0.15) is 23.5 Å². The third-order valence-corrected chi connectivity index (χ3v) is 22.4. The predicted octanol–water partition coefficient (Wildman–Crippen LogP) is 3.06. The monoisotopic (exact) mass is 1580 g/mol. The number of aromatic hydroxyl groups is 2. The zero-order valence-corrected chi connectivity index (χ0v) is 66.3. The number of phenolic OH excluding ortho intramolecular Hbond substituents is 2. The average molecular weight is 1580 g/mol. The fraction of sp³-hybridized carbons (Fsp3) is 0.525. The zero-order chi connectivity index (χ0) is 81.2. The molecule has 30 nitrogen and oxygen atoms in total. The Labute approximate surface area is 661 Å². The number of nitrogens with two attached hydrogens (primary N) is 1. The lowest BCUT2D eigenvalue weighted by molar-refractivity contribution is -0.136. The molecule has 0 spiro atoms. The lowest BCUT2D eigenvalue weighted by Crippen LogP contribution is -2.61. The summed E-state index contributed by atoms with van der Waals surface area (Å²) in [5.74, 6) is -6.63. The van der Waals surface area contributed by atoms with Gasteiger partial charge in [0.25, 0.3) is 0 Å². The molecule has 2 fully saturated rings. The fourth-order valence-corrected chi connectivity index (χ4v) is 15.7. The van der Waals surface area contributed by atoms with Gasteiger partial charge in [0.2, 0.25) is 70.9 Å². The molecule has 2 unspecified atom stereocenters. The standard InChI is InChI=1S/C80H109N15O15S2/c1-8-17-58-73(104)85-51(42-96)39-66(100)83-33-16-23-59(74(105)86-56(9-2)71(102)90-62(77(108)88-58)40-55-54-22-15-34-84-70(54)95-41-64(55)95)89-76(107)61(38-47-26-30-53(98)31-27-47)91-79(110)68(80(4,5)6)93-65(99)32-35-111-43-48-18-14-19-49(36-48)44-112-45-63(69(81)101)92-72(103)57(10-3)87-78(109)67(50-20-12-11-13-21-50)94-75(106)60(82-7)37-46-24-28-52(97)29-25-46/h14-15,18-19,22,24-31,34,36,42,50-51,56-63,67-68,82,97-98H,8-13,16-17,20-21,23,32-33,35,37-41,43-45H2,1-7H3,(H2,81,101)(H,83,100)(H,85,104)(H,86,105)(H,87,109)(H,88,108)(H,89,107)(H,90,102)(H,91,110)(H,92,103)(H,93,99)(H,94,106)/t51-,56+,57+,58+,59+,60+,61+,62+,63+,67?,68?,95?/m1/s1. The Bertz CT molecular complexity index is 4130. The Hall–Kier alpha value is -10.1. The Kier molecular flexibility index (Phi) is 33.2. The number of hydrogen-bond donors (Lipinski definition) is 15. The van der Waals surface area contributed by atoms with Crippen molar-refractivity contribution < 1.29 is 72.5 Å². The third-order valence-electron chi connectivity index (χ3n) is 20.2. The topological polar surface area (TPSA) is 451 Å². The van der Waals surface area contributed by atoms with Crippen LogP contribution in [-0.4, -0.2) is 188 Å². The number of carbonyl (C=O) groups excluding carboxylic acids is 13. The number of thioether (sulfide) groups is 2. The van der Waals surface area contributed by atoms with E-state index in [1.54, 1.807) is 97.3 Å². The summed E-state index contributed by atoms with van der Waals surface area (Å²) < 4.78 is 1.97. The highest BCUT2D eigenvalue weighted by Crippen LogP contribution is 2.36. The van der Waals surface area contributed by atoms with Gasteiger partial charge >= 0.3 is 0 Å².